The van der Waals surface area contributed by atoms with Gasteiger partial charge in [0.15, 0.2) is 22.8 Å². The standard InChI is InChI=1S/C11H18N5O13P3S.4Na/c1-33-11-14-8(12)5-9(15-11)16(3-13-5)10-7(18)6(17)4(27-10)2-26-31(22,23)29-32(24,25)28-30(19,20)21;;;;/h3-4,6-7,10,17-18H,2H2,1H3,(H,22,23)(H,24,25)(H2,12,14,15)(H2,19,20,21);;;;/t4-,6-,7-,10-;;;;/m1..../s1. The minimum atomic E-state index is -5.71. The molecular weight excluding hydrogens is 627 g/mol. The molecule has 0 amide bonds. The van der Waals surface area contributed by atoms with Crippen LogP contribution in [0.15, 0.2) is 11.5 Å². The van der Waals surface area contributed by atoms with Gasteiger partial charge in [-0.05, 0) is 6.26 Å². The van der Waals surface area contributed by atoms with Gasteiger partial charge in [0.1, 0.15) is 23.8 Å². The van der Waals surface area contributed by atoms with Gasteiger partial charge in [-0.2, -0.15) is 8.62 Å². The molecule has 3 heterocycles. The number of aromatic nitrogens is 4. The zero-order valence-corrected chi connectivity index (χ0v) is 31.8. The molecule has 0 aliphatic carbocycles. The number of imidazole rings is 1. The number of nitrogens with two attached hydrogens (primary N) is 1. The van der Waals surface area contributed by atoms with E-state index in [1.54, 1.807) is 6.26 Å². The van der Waals surface area contributed by atoms with Gasteiger partial charge in [0.05, 0.1) is 12.9 Å². The van der Waals surface area contributed by atoms with Crippen LogP contribution < -0.4 is 5.73 Å². The van der Waals surface area contributed by atoms with Crippen LogP contribution in [0.3, 0.4) is 0 Å². The smallest absolute Gasteiger partial charge is 0.387 e. The van der Waals surface area contributed by atoms with Gasteiger partial charge in [-0.15, -0.1) is 0 Å². The van der Waals surface area contributed by atoms with Gasteiger partial charge in [0.2, 0.25) is 0 Å². The molecule has 190 valence electrons. The molecule has 0 saturated carbocycles. The van der Waals surface area contributed by atoms with E-state index in [2.05, 4.69) is 28.1 Å². The summed E-state index contributed by atoms with van der Waals surface area (Å²) in [5, 5.41) is 20.9. The average molecular weight is 645 g/mol. The number of thioether (sulfide) groups is 1. The predicted molar refractivity (Wildman–Crippen MR) is 130 cm³/mol. The van der Waals surface area contributed by atoms with Gasteiger partial charge in [-0.1, -0.05) is 11.8 Å². The monoisotopic (exact) mass is 645 g/mol. The maximum atomic E-state index is 11.9. The van der Waals surface area contributed by atoms with Gasteiger partial charge in [0, 0.05) is 118 Å². The molecule has 2 unspecified atom stereocenters. The Hall–Kier alpha value is 2.99. The Morgan fingerprint density at radius 1 is 1.03 bits per heavy atom. The molecule has 4 radical (unpaired) electrons. The summed E-state index contributed by atoms with van der Waals surface area (Å²) in [4.78, 5) is 48.0. The molecular formula is C11H18N5Na4O13P3S. The first kappa shape index (κ1) is 42.1. The van der Waals surface area contributed by atoms with Crippen molar-refractivity contribution >= 4 is 170 Å². The largest absolute Gasteiger partial charge is 0.490 e. The fraction of sp³-hybridized carbons (Fsp3) is 0.545. The summed E-state index contributed by atoms with van der Waals surface area (Å²) in [7, 11) is -16.7. The minimum Gasteiger partial charge on any atom is -0.387 e. The molecule has 26 heteroatoms. The number of aliphatic hydroxyl groups excluding tert-OH is 2. The van der Waals surface area contributed by atoms with E-state index in [0.29, 0.717) is 5.16 Å². The van der Waals surface area contributed by atoms with Crippen LogP contribution in [-0.4, -0.2) is 199 Å². The molecule has 0 bridgehead atoms. The Morgan fingerprint density at radius 2 is 1.62 bits per heavy atom. The average Bonchev–Trinajstić information content (AvgIpc) is 3.19. The van der Waals surface area contributed by atoms with Crippen molar-refractivity contribution < 1.29 is 61.4 Å². The van der Waals surface area contributed by atoms with E-state index in [1.165, 1.54) is 22.7 Å². The normalized spacial score (nSPS) is 24.5. The van der Waals surface area contributed by atoms with E-state index in [1.807, 2.05) is 0 Å². The van der Waals surface area contributed by atoms with Gasteiger partial charge in [0.25, 0.3) is 0 Å². The van der Waals surface area contributed by atoms with Gasteiger partial charge in [-0.25, -0.2) is 28.6 Å². The number of hydrogen-bond acceptors (Lipinski definition) is 14. The minimum absolute atomic E-state index is 0. The first-order chi connectivity index (χ1) is 15.1. The van der Waals surface area contributed by atoms with Crippen molar-refractivity contribution in [3.05, 3.63) is 6.33 Å². The summed E-state index contributed by atoms with van der Waals surface area (Å²) < 4.78 is 52.2. The Bertz CT molecular complexity index is 1190. The van der Waals surface area contributed by atoms with E-state index in [4.69, 9.17) is 25.2 Å². The molecule has 1 aliphatic heterocycles. The first-order valence-electron chi connectivity index (χ1n) is 8.46. The number of nitrogen functional groups attached to an aromatic ring is 1. The number of phosphoric ester groups is 1. The third-order valence-corrected chi connectivity index (χ3v) is 8.39. The van der Waals surface area contributed by atoms with Crippen LogP contribution in [0.5, 0.6) is 0 Å². The SMILES string of the molecule is CSc1nc(N)c2ncn([C@@H]3O[C@H](COP(=O)(O)OP(=O)(O)OP(=O)(O)O)[C@@H](O)[C@H]3O)c2n1.[Na].[Na].[Na].[Na]. The molecule has 1 saturated heterocycles. The number of hydrogen-bond donors (Lipinski definition) is 7. The van der Waals surface area contributed by atoms with Crippen molar-refractivity contribution in [3.8, 4) is 0 Å². The van der Waals surface area contributed by atoms with Crippen LogP contribution in [0, 0.1) is 0 Å². The molecule has 0 spiro atoms. The van der Waals surface area contributed by atoms with Crippen LogP contribution >= 0.6 is 35.2 Å². The number of nitrogens with zero attached hydrogens (tertiary/aromatic N) is 4. The number of ether oxygens (including phenoxy) is 1. The zero-order chi connectivity index (χ0) is 24.8. The van der Waals surface area contributed by atoms with Crippen molar-refractivity contribution in [1.29, 1.82) is 0 Å². The van der Waals surface area contributed by atoms with Crippen molar-refractivity contribution in [2.45, 2.75) is 29.7 Å². The Morgan fingerprint density at radius 3 is 2.16 bits per heavy atom. The van der Waals surface area contributed by atoms with E-state index in [-0.39, 0.29) is 135 Å². The van der Waals surface area contributed by atoms with Crippen LogP contribution in [0.4, 0.5) is 5.82 Å². The molecule has 2 aromatic heterocycles. The number of aliphatic hydroxyl groups is 2. The second-order valence-corrected chi connectivity index (χ2v) is 11.5. The van der Waals surface area contributed by atoms with Crippen molar-refractivity contribution in [2.24, 2.45) is 0 Å². The molecule has 37 heavy (non-hydrogen) atoms. The van der Waals surface area contributed by atoms with Crippen LogP contribution in [0.25, 0.3) is 11.2 Å². The molecule has 1 aliphatic rings. The van der Waals surface area contributed by atoms with Crippen molar-refractivity contribution in [3.63, 3.8) is 0 Å². The van der Waals surface area contributed by atoms with Crippen LogP contribution in [0.1, 0.15) is 6.23 Å². The topological polar surface area (TPSA) is 279 Å². The van der Waals surface area contributed by atoms with E-state index >= 15 is 0 Å². The summed E-state index contributed by atoms with van der Waals surface area (Å²) in [5.74, 6) is 0.0559. The Kier molecular flexibility index (Phi) is 19.1. The van der Waals surface area contributed by atoms with Crippen LogP contribution in [0.2, 0.25) is 0 Å². The molecule has 0 aromatic carbocycles. The number of rotatable bonds is 9. The maximum Gasteiger partial charge on any atom is 0.490 e. The van der Waals surface area contributed by atoms with Crippen molar-refractivity contribution in [2.75, 3.05) is 18.6 Å². The van der Waals surface area contributed by atoms with E-state index in [0.717, 1.165) is 0 Å². The number of anilines is 1. The fourth-order valence-electron chi connectivity index (χ4n) is 2.76. The number of phosphoric acid groups is 3. The van der Waals surface area contributed by atoms with Gasteiger partial charge >= 0.3 is 23.5 Å². The summed E-state index contributed by atoms with van der Waals surface area (Å²) in [6.45, 7) is -0.960. The summed E-state index contributed by atoms with van der Waals surface area (Å²) in [5.41, 5.74) is 6.18. The molecule has 18 nitrogen and oxygen atoms in total. The summed E-state index contributed by atoms with van der Waals surface area (Å²) in [6.07, 6.45) is -3.14. The predicted octanol–water partition coefficient (Wildman–Crippen LogP) is -2.43. The van der Waals surface area contributed by atoms with Gasteiger partial charge in [-0.3, -0.25) is 9.09 Å². The molecule has 3 rings (SSSR count). The summed E-state index contributed by atoms with van der Waals surface area (Å²) in [6, 6.07) is 0. The summed E-state index contributed by atoms with van der Waals surface area (Å²) >= 11 is 1.18. The van der Waals surface area contributed by atoms with Gasteiger partial charge < -0.3 is 40.3 Å². The molecule has 8 N–H and O–H groups in total. The quantitative estimate of drug-likeness (QED) is 0.0646. The fourth-order valence-corrected chi connectivity index (χ4v) is 6.16. The van der Waals surface area contributed by atoms with E-state index in [9.17, 15) is 28.8 Å². The Balaban J connectivity index is 0. The second-order valence-electron chi connectivity index (χ2n) is 6.35. The first-order valence-corrected chi connectivity index (χ1v) is 14.2. The third kappa shape index (κ3) is 11.5. The van der Waals surface area contributed by atoms with E-state index < -0.39 is 54.6 Å². The van der Waals surface area contributed by atoms with Crippen molar-refractivity contribution in [1.82, 2.24) is 19.5 Å². The molecule has 6 atom stereocenters. The number of fused-ring (bicyclic) bond motifs is 1. The Labute approximate surface area is 301 Å². The molecule has 2 aromatic rings. The maximum absolute atomic E-state index is 11.9. The zero-order valence-electron chi connectivity index (χ0n) is 20.3. The second kappa shape index (κ2) is 16.7. The third-order valence-electron chi connectivity index (χ3n) is 4.04. The van der Waals surface area contributed by atoms with Crippen LogP contribution in [-0.2, 0) is 31.6 Å². The molecule has 1 fully saturated rings.